The molecule has 1 rings (SSSR count). The maximum Gasteiger partial charge on any atom is 1.00 e. The fourth-order valence-corrected chi connectivity index (χ4v) is 2.03. The van der Waals surface area contributed by atoms with Crippen LogP contribution >= 0.6 is 0 Å². The Bertz CT molecular complexity index is 330. The Kier molecular flexibility index (Phi) is 7.11. The van der Waals surface area contributed by atoms with E-state index in [2.05, 4.69) is 6.58 Å². The molecule has 0 aliphatic carbocycles. The van der Waals surface area contributed by atoms with E-state index in [1.807, 2.05) is 4.90 Å². The predicted molar refractivity (Wildman–Crippen MR) is 56.9 cm³/mol. The van der Waals surface area contributed by atoms with Crippen molar-refractivity contribution in [2.75, 3.05) is 39.3 Å². The molecule has 0 atom stereocenters. The van der Waals surface area contributed by atoms with Crippen LogP contribution in [0.2, 0.25) is 0 Å². The average molecular weight is 260 g/mol. The van der Waals surface area contributed by atoms with Gasteiger partial charge in [-0.25, -0.2) is 0 Å². The van der Waals surface area contributed by atoms with Gasteiger partial charge < -0.3 is 11.4 Å². The number of hydrogen-bond acceptors (Lipinski definition) is 5. The molecule has 1 saturated heterocycles. The molecule has 16 heavy (non-hydrogen) atoms. The quantitative estimate of drug-likeness (QED) is 0.397. The van der Waals surface area contributed by atoms with Crippen LogP contribution in [-0.2, 0) is 10.1 Å². The van der Waals surface area contributed by atoms with E-state index < -0.39 is 10.1 Å². The second-order valence-corrected chi connectivity index (χ2v) is 4.84. The molecule has 1 fully saturated rings. The van der Waals surface area contributed by atoms with Gasteiger partial charge in [-0.15, -0.1) is 0 Å². The fourth-order valence-electron chi connectivity index (χ4n) is 1.53. The van der Waals surface area contributed by atoms with Crippen molar-refractivity contribution in [1.82, 2.24) is 9.80 Å². The van der Waals surface area contributed by atoms with Crippen LogP contribution in [0, 0.1) is 0 Å². The van der Waals surface area contributed by atoms with E-state index >= 15 is 0 Å². The number of rotatable bonds is 4. The molecule has 8 heteroatoms. The van der Waals surface area contributed by atoms with Crippen molar-refractivity contribution >= 4 is 10.1 Å². The summed E-state index contributed by atoms with van der Waals surface area (Å²) in [4.78, 5) is 3.55. The number of piperazine rings is 1. The normalized spacial score (nSPS) is 18.0. The van der Waals surface area contributed by atoms with Crippen LogP contribution in [0.1, 0.15) is 1.43 Å². The fraction of sp³-hybridized carbons (Fsp3) is 0.750. The number of nitrogens with zero attached hydrogens (tertiary/aromatic N) is 2. The third-order valence-electron chi connectivity index (χ3n) is 2.44. The maximum absolute atomic E-state index is 10.8. The molecule has 6 nitrogen and oxygen atoms in total. The van der Waals surface area contributed by atoms with Crippen molar-refractivity contribution in [1.29, 1.82) is 0 Å². The number of hydrogen-bond donors (Lipinski definition) is 2. The molecule has 0 aromatic rings. The van der Waals surface area contributed by atoms with Gasteiger partial charge in [0, 0.05) is 32.7 Å². The van der Waals surface area contributed by atoms with Crippen molar-refractivity contribution in [2.24, 2.45) is 0 Å². The van der Waals surface area contributed by atoms with Crippen LogP contribution in [0.15, 0.2) is 11.6 Å². The molecule has 0 saturated carbocycles. The summed E-state index contributed by atoms with van der Waals surface area (Å²) >= 11 is 0. The van der Waals surface area contributed by atoms with Gasteiger partial charge in [0.2, 0.25) is 0 Å². The Labute approximate surface area is 119 Å². The summed E-state index contributed by atoms with van der Waals surface area (Å²) in [5.74, 6) is 0. The Morgan fingerprint density at radius 3 is 2.19 bits per heavy atom. The van der Waals surface area contributed by atoms with Crippen molar-refractivity contribution in [3.05, 3.63) is 11.6 Å². The second kappa shape index (κ2) is 6.95. The first kappa shape index (κ1) is 16.4. The summed E-state index contributed by atoms with van der Waals surface area (Å²) < 4.78 is 30.4. The van der Waals surface area contributed by atoms with E-state index in [1.165, 1.54) is 4.90 Å². The van der Waals surface area contributed by atoms with E-state index in [0.717, 1.165) is 0 Å². The van der Waals surface area contributed by atoms with Gasteiger partial charge in [0.15, 0.2) is 5.03 Å². The Balaban J connectivity index is 0. The molecular weight excluding hydrogens is 243 g/mol. The Morgan fingerprint density at radius 1 is 1.31 bits per heavy atom. The summed E-state index contributed by atoms with van der Waals surface area (Å²) in [6.07, 6.45) is 0. The second-order valence-electron chi connectivity index (χ2n) is 3.42. The minimum atomic E-state index is -4.17. The molecule has 0 bridgehead atoms. The molecule has 0 spiro atoms. The van der Waals surface area contributed by atoms with Crippen molar-refractivity contribution in [3.63, 3.8) is 0 Å². The molecule has 1 aliphatic rings. The monoisotopic (exact) mass is 260 g/mol. The van der Waals surface area contributed by atoms with E-state index in [0.29, 0.717) is 32.7 Å². The SMILES string of the molecule is C=C(N1CCN(CCO)CC1)S(=O)(=O)O.[H-].[Na+]. The number of aliphatic hydroxyl groups is 1. The van der Waals surface area contributed by atoms with Crippen LogP contribution in [0.3, 0.4) is 0 Å². The average Bonchev–Trinajstić information content (AvgIpc) is 2.17. The van der Waals surface area contributed by atoms with E-state index in [-0.39, 0.29) is 42.6 Å². The molecule has 90 valence electrons. The molecule has 0 aromatic heterocycles. The molecule has 0 amide bonds. The standard InChI is InChI=1S/C8H16N2O4S.Na.H/c1-8(15(12,13)14)10-4-2-9(3-5-10)6-7-11;;/h11H,1-7H2,(H,12,13,14);;/q;+1;-1. The molecule has 1 aliphatic heterocycles. The first-order chi connectivity index (χ1) is 6.95. The predicted octanol–water partition coefficient (Wildman–Crippen LogP) is -3.93. The third kappa shape index (κ3) is 4.70. The minimum absolute atomic E-state index is 0. The summed E-state index contributed by atoms with van der Waals surface area (Å²) in [6, 6.07) is 0. The van der Waals surface area contributed by atoms with E-state index in [4.69, 9.17) is 9.66 Å². The van der Waals surface area contributed by atoms with Crippen molar-refractivity contribution in [2.45, 2.75) is 0 Å². The molecular formula is C8H17N2NaO4S. The topological polar surface area (TPSA) is 81.1 Å². The first-order valence-electron chi connectivity index (χ1n) is 4.69. The van der Waals surface area contributed by atoms with Gasteiger partial charge in [-0.1, -0.05) is 6.58 Å². The molecule has 0 unspecified atom stereocenters. The van der Waals surface area contributed by atoms with Crippen LogP contribution < -0.4 is 29.6 Å². The molecule has 0 radical (unpaired) electrons. The van der Waals surface area contributed by atoms with Crippen LogP contribution in [0.4, 0.5) is 0 Å². The zero-order valence-corrected chi connectivity index (χ0v) is 12.3. The molecule has 2 N–H and O–H groups in total. The van der Waals surface area contributed by atoms with Gasteiger partial charge in [-0.3, -0.25) is 9.45 Å². The number of β-amino-alcohol motifs (C(OH)–C–C–N with tert-alkyl or cyclic N) is 1. The summed E-state index contributed by atoms with van der Waals surface area (Å²) in [6.45, 7) is 6.35. The van der Waals surface area contributed by atoms with E-state index in [9.17, 15) is 8.42 Å². The minimum Gasteiger partial charge on any atom is -1.00 e. The van der Waals surface area contributed by atoms with Gasteiger partial charge in [-0.2, -0.15) is 8.42 Å². The molecule has 1 heterocycles. The summed E-state index contributed by atoms with van der Waals surface area (Å²) in [7, 11) is -4.17. The Morgan fingerprint density at radius 2 is 1.81 bits per heavy atom. The first-order valence-corrected chi connectivity index (χ1v) is 6.13. The van der Waals surface area contributed by atoms with Gasteiger partial charge in [0.05, 0.1) is 6.61 Å². The number of aliphatic hydroxyl groups excluding tert-OH is 1. The zero-order chi connectivity index (χ0) is 11.5. The Hall–Kier alpha value is 0.370. The third-order valence-corrected chi connectivity index (χ3v) is 3.29. The molecule has 0 aromatic carbocycles. The van der Waals surface area contributed by atoms with Gasteiger partial charge in [0.25, 0.3) is 0 Å². The van der Waals surface area contributed by atoms with Crippen LogP contribution in [0.5, 0.6) is 0 Å². The maximum atomic E-state index is 10.8. The van der Waals surface area contributed by atoms with Crippen molar-refractivity contribution in [3.8, 4) is 0 Å². The zero-order valence-electron chi connectivity index (χ0n) is 10.5. The largest absolute Gasteiger partial charge is 1.00 e. The van der Waals surface area contributed by atoms with Gasteiger partial charge >= 0.3 is 39.7 Å². The summed E-state index contributed by atoms with van der Waals surface area (Å²) in [5, 5.41) is 8.47. The van der Waals surface area contributed by atoms with Crippen molar-refractivity contribution < 1.29 is 49.1 Å². The van der Waals surface area contributed by atoms with Gasteiger partial charge in [0.1, 0.15) is 0 Å². The smallest absolute Gasteiger partial charge is 1.00 e. The van der Waals surface area contributed by atoms with E-state index in [1.54, 1.807) is 0 Å². The van der Waals surface area contributed by atoms with Gasteiger partial charge in [-0.05, 0) is 0 Å². The van der Waals surface area contributed by atoms with Crippen LogP contribution in [-0.4, -0.2) is 67.2 Å². The van der Waals surface area contributed by atoms with Crippen LogP contribution in [0.25, 0.3) is 0 Å². The summed E-state index contributed by atoms with van der Waals surface area (Å²) in [5.41, 5.74) is 0.